The van der Waals surface area contributed by atoms with Gasteiger partial charge in [0, 0.05) is 18.3 Å². The highest BCUT2D eigenvalue weighted by atomic mass is 16.5. The zero-order valence-corrected chi connectivity index (χ0v) is 16.8. The summed E-state index contributed by atoms with van der Waals surface area (Å²) in [5.74, 6) is -0.534. The molecule has 3 aliphatic heterocycles. The van der Waals surface area contributed by atoms with Gasteiger partial charge in [0.2, 0.25) is 11.8 Å². The number of rotatable bonds is 6. The van der Waals surface area contributed by atoms with Crippen molar-refractivity contribution in [2.24, 2.45) is 11.8 Å². The summed E-state index contributed by atoms with van der Waals surface area (Å²) in [6.07, 6.45) is 4.34. The molecule has 1 N–H and O–H groups in total. The van der Waals surface area contributed by atoms with Gasteiger partial charge < -0.3 is 19.7 Å². The zero-order chi connectivity index (χ0) is 20.7. The molecule has 0 radical (unpaired) electrons. The molecule has 154 valence electrons. The second kappa shape index (κ2) is 7.29. The standard InChI is InChI=1S/C24H24N2O4/c1-29-18-9-5-8-17(14-18)25-22(27)20-19-10-12-24(30-19)15-26(23(28)21(20)24)13-11-16-6-3-2-4-7-16/h2-10,12,14,19-21H,11,13,15H2,1H3,(H,25,27)/t19-,20+,21-,24+/m0/s1. The van der Waals surface area contributed by atoms with Crippen LogP contribution in [0.4, 0.5) is 5.69 Å². The topological polar surface area (TPSA) is 67.9 Å². The largest absolute Gasteiger partial charge is 0.497 e. The third-order valence-corrected chi connectivity index (χ3v) is 6.33. The number of amides is 2. The molecule has 0 unspecified atom stereocenters. The monoisotopic (exact) mass is 404 g/mol. The van der Waals surface area contributed by atoms with E-state index in [0.717, 1.165) is 6.42 Å². The molecule has 6 heteroatoms. The smallest absolute Gasteiger partial charge is 0.231 e. The number of ether oxygens (including phenoxy) is 2. The van der Waals surface area contributed by atoms with Crippen LogP contribution in [0.15, 0.2) is 66.7 Å². The number of hydrogen-bond donors (Lipinski definition) is 1. The van der Waals surface area contributed by atoms with Crippen LogP contribution in [-0.4, -0.2) is 48.6 Å². The molecule has 2 saturated heterocycles. The number of methoxy groups -OCH3 is 1. The van der Waals surface area contributed by atoms with Crippen LogP contribution < -0.4 is 10.1 Å². The Morgan fingerprint density at radius 1 is 1.23 bits per heavy atom. The Bertz CT molecular complexity index is 1010. The predicted octanol–water partition coefficient (Wildman–Crippen LogP) is 2.66. The maximum Gasteiger partial charge on any atom is 0.231 e. The average Bonchev–Trinajstić information content (AvgIpc) is 3.41. The van der Waals surface area contributed by atoms with Gasteiger partial charge in [-0.2, -0.15) is 0 Å². The molecule has 3 aliphatic rings. The number of benzene rings is 2. The molecule has 1 spiro atoms. The summed E-state index contributed by atoms with van der Waals surface area (Å²) in [4.78, 5) is 28.3. The fourth-order valence-electron chi connectivity index (χ4n) is 4.90. The van der Waals surface area contributed by atoms with E-state index in [0.29, 0.717) is 24.5 Å². The summed E-state index contributed by atoms with van der Waals surface area (Å²) >= 11 is 0. The number of carbonyl (C=O) groups excluding carboxylic acids is 2. The average molecular weight is 404 g/mol. The Kier molecular flexibility index (Phi) is 4.59. The molecule has 5 rings (SSSR count). The Morgan fingerprint density at radius 2 is 2.07 bits per heavy atom. The van der Waals surface area contributed by atoms with E-state index in [1.807, 2.05) is 53.5 Å². The highest BCUT2D eigenvalue weighted by molar-refractivity contribution is 5.99. The van der Waals surface area contributed by atoms with E-state index in [1.165, 1.54) is 5.56 Å². The maximum atomic E-state index is 13.3. The van der Waals surface area contributed by atoms with Gasteiger partial charge in [0.15, 0.2) is 0 Å². The highest BCUT2D eigenvalue weighted by Crippen LogP contribution is 2.52. The summed E-state index contributed by atoms with van der Waals surface area (Å²) in [6, 6.07) is 17.3. The van der Waals surface area contributed by atoms with Gasteiger partial charge in [-0.1, -0.05) is 48.6 Å². The van der Waals surface area contributed by atoms with Crippen molar-refractivity contribution in [2.45, 2.75) is 18.1 Å². The lowest BCUT2D eigenvalue weighted by atomic mass is 9.77. The number of hydrogen-bond acceptors (Lipinski definition) is 4. The summed E-state index contributed by atoms with van der Waals surface area (Å²) < 4.78 is 11.4. The third kappa shape index (κ3) is 3.08. The number of fused-ring (bicyclic) bond motifs is 1. The van der Waals surface area contributed by atoms with E-state index in [-0.39, 0.29) is 17.9 Å². The van der Waals surface area contributed by atoms with Crippen LogP contribution in [0.1, 0.15) is 5.56 Å². The van der Waals surface area contributed by atoms with Crippen LogP contribution in [0.5, 0.6) is 5.75 Å². The minimum absolute atomic E-state index is 0.00331. The number of carbonyl (C=O) groups is 2. The van der Waals surface area contributed by atoms with Crippen LogP contribution in [0, 0.1) is 11.8 Å². The molecule has 2 fully saturated rings. The number of anilines is 1. The molecule has 2 aromatic carbocycles. The van der Waals surface area contributed by atoms with Gasteiger partial charge in [-0.05, 0) is 24.1 Å². The molecule has 2 amide bonds. The summed E-state index contributed by atoms with van der Waals surface area (Å²) in [5.41, 5.74) is 1.15. The maximum absolute atomic E-state index is 13.3. The Balaban J connectivity index is 1.32. The van der Waals surface area contributed by atoms with E-state index in [2.05, 4.69) is 17.4 Å². The van der Waals surface area contributed by atoms with Crippen molar-refractivity contribution in [3.8, 4) is 5.75 Å². The first kappa shape index (κ1) is 18.9. The Morgan fingerprint density at radius 3 is 2.87 bits per heavy atom. The van der Waals surface area contributed by atoms with Crippen molar-refractivity contribution in [2.75, 3.05) is 25.5 Å². The second-order valence-electron chi connectivity index (χ2n) is 8.12. The van der Waals surface area contributed by atoms with E-state index < -0.39 is 17.4 Å². The van der Waals surface area contributed by atoms with Crippen molar-refractivity contribution in [1.29, 1.82) is 0 Å². The van der Waals surface area contributed by atoms with E-state index in [4.69, 9.17) is 9.47 Å². The molecule has 3 heterocycles. The van der Waals surface area contributed by atoms with Crippen LogP contribution in [0.2, 0.25) is 0 Å². The third-order valence-electron chi connectivity index (χ3n) is 6.33. The van der Waals surface area contributed by atoms with Crippen LogP contribution in [0.25, 0.3) is 0 Å². The van der Waals surface area contributed by atoms with Crippen molar-refractivity contribution < 1.29 is 19.1 Å². The Hall–Kier alpha value is -3.12. The lowest BCUT2D eigenvalue weighted by molar-refractivity contribution is -0.135. The first-order chi connectivity index (χ1) is 14.6. The van der Waals surface area contributed by atoms with E-state index in [9.17, 15) is 9.59 Å². The number of nitrogens with zero attached hydrogens (tertiary/aromatic N) is 1. The van der Waals surface area contributed by atoms with Gasteiger partial charge in [0.05, 0.1) is 31.6 Å². The molecule has 0 aromatic heterocycles. The number of likely N-dealkylation sites (tertiary alicyclic amines) is 1. The SMILES string of the molecule is COc1cccc(NC(=O)[C@@H]2[C@@H]3C=C[C@]4(CN(CCc5ccccc5)C(=O)[C@H]24)O3)c1. The second-order valence-corrected chi connectivity index (χ2v) is 8.12. The van der Waals surface area contributed by atoms with Gasteiger partial charge in [-0.3, -0.25) is 9.59 Å². The molecule has 2 bridgehead atoms. The summed E-state index contributed by atoms with van der Waals surface area (Å²) in [7, 11) is 1.58. The predicted molar refractivity (Wildman–Crippen MR) is 112 cm³/mol. The first-order valence-corrected chi connectivity index (χ1v) is 10.2. The van der Waals surface area contributed by atoms with Gasteiger partial charge in [0.25, 0.3) is 0 Å². The van der Waals surface area contributed by atoms with Crippen molar-refractivity contribution in [3.05, 3.63) is 72.3 Å². The van der Waals surface area contributed by atoms with Gasteiger partial charge in [0.1, 0.15) is 11.4 Å². The minimum Gasteiger partial charge on any atom is -0.497 e. The quantitative estimate of drug-likeness (QED) is 0.752. The normalized spacial score (nSPS) is 28.6. The van der Waals surface area contributed by atoms with Gasteiger partial charge >= 0.3 is 0 Å². The highest BCUT2D eigenvalue weighted by Gasteiger charge is 2.66. The minimum atomic E-state index is -0.686. The lowest BCUT2D eigenvalue weighted by Crippen LogP contribution is -2.41. The van der Waals surface area contributed by atoms with E-state index in [1.54, 1.807) is 13.2 Å². The van der Waals surface area contributed by atoms with Crippen molar-refractivity contribution in [1.82, 2.24) is 4.90 Å². The lowest BCUT2D eigenvalue weighted by Gasteiger charge is -2.23. The summed E-state index contributed by atoms with van der Waals surface area (Å²) in [5, 5.41) is 2.94. The fraction of sp³-hybridized carbons (Fsp3) is 0.333. The Labute approximate surface area is 175 Å². The number of nitrogens with one attached hydrogen (secondary N) is 1. The zero-order valence-electron chi connectivity index (χ0n) is 16.8. The molecular weight excluding hydrogens is 380 g/mol. The molecular formula is C24H24N2O4. The van der Waals surface area contributed by atoms with Gasteiger partial charge in [-0.15, -0.1) is 0 Å². The molecule has 2 aromatic rings. The molecule has 6 nitrogen and oxygen atoms in total. The van der Waals surface area contributed by atoms with E-state index >= 15 is 0 Å². The molecule has 0 saturated carbocycles. The van der Waals surface area contributed by atoms with Crippen molar-refractivity contribution >= 4 is 17.5 Å². The molecule has 4 atom stereocenters. The van der Waals surface area contributed by atoms with Crippen molar-refractivity contribution in [3.63, 3.8) is 0 Å². The van der Waals surface area contributed by atoms with Crippen LogP contribution in [-0.2, 0) is 20.7 Å². The van der Waals surface area contributed by atoms with Crippen LogP contribution in [0.3, 0.4) is 0 Å². The fourth-order valence-corrected chi connectivity index (χ4v) is 4.90. The van der Waals surface area contributed by atoms with Gasteiger partial charge in [-0.25, -0.2) is 0 Å². The molecule has 30 heavy (non-hydrogen) atoms. The molecule has 0 aliphatic carbocycles. The first-order valence-electron chi connectivity index (χ1n) is 10.2. The van der Waals surface area contributed by atoms with Crippen LogP contribution >= 0.6 is 0 Å². The summed E-state index contributed by atoms with van der Waals surface area (Å²) in [6.45, 7) is 1.12.